The molecule has 408 valence electrons. The van der Waals surface area contributed by atoms with E-state index in [4.69, 9.17) is 14.2 Å². The van der Waals surface area contributed by atoms with Crippen LogP contribution in [0, 0.1) is 0 Å². The molecule has 1 unspecified atom stereocenters. The Hall–Kier alpha value is -3.41. The molecule has 1 atom stereocenters. The van der Waals surface area contributed by atoms with E-state index in [1.807, 2.05) is 6.08 Å². The summed E-state index contributed by atoms with van der Waals surface area (Å²) in [7, 11) is 0. The van der Waals surface area contributed by atoms with Crippen LogP contribution in [-0.4, -0.2) is 37.2 Å². The molecule has 0 aromatic rings. The van der Waals surface area contributed by atoms with Gasteiger partial charge in [-0.25, -0.2) is 0 Å². The van der Waals surface area contributed by atoms with Gasteiger partial charge in [-0.15, -0.1) is 0 Å². The molecular weight excluding hydrogens is 877 g/mol. The van der Waals surface area contributed by atoms with E-state index >= 15 is 0 Å². The van der Waals surface area contributed by atoms with Crippen molar-refractivity contribution in [3.05, 3.63) is 85.1 Å². The number of allylic oxidation sites excluding steroid dienone is 13. The van der Waals surface area contributed by atoms with Crippen LogP contribution in [0.3, 0.4) is 0 Å². The monoisotopic (exact) mass is 989 g/mol. The number of hydrogen-bond acceptors (Lipinski definition) is 6. The maximum atomic E-state index is 12.8. The fourth-order valence-electron chi connectivity index (χ4n) is 8.44. The molecule has 6 heteroatoms. The van der Waals surface area contributed by atoms with Crippen molar-refractivity contribution in [1.82, 2.24) is 0 Å². The molecule has 0 saturated heterocycles. The molecule has 0 heterocycles. The minimum Gasteiger partial charge on any atom is -0.462 e. The molecule has 0 fully saturated rings. The highest BCUT2D eigenvalue weighted by Gasteiger charge is 2.19. The predicted octanol–water partition coefficient (Wildman–Crippen LogP) is 20.3. The molecule has 0 bridgehead atoms. The second-order valence-corrected chi connectivity index (χ2v) is 19.9. The molecule has 0 aliphatic rings. The average Bonchev–Trinajstić information content (AvgIpc) is 3.37. The second kappa shape index (κ2) is 59.2. The molecular formula is C65H112O6. The summed E-state index contributed by atoms with van der Waals surface area (Å²) in [5, 5.41) is 0. The Bertz CT molecular complexity index is 1370. The zero-order chi connectivity index (χ0) is 51.4. The summed E-state index contributed by atoms with van der Waals surface area (Å²) in [5.41, 5.74) is 0. The summed E-state index contributed by atoms with van der Waals surface area (Å²) in [6.45, 7) is 6.39. The SMILES string of the molecule is CC/C=C\C/C=C\C/C=C\C/C=C\C/C=C\CC(=O)OC(COC(=O)CCCCCCC/C=C\C/C=C\CCC)COC(=O)CCCCCCCCCCCCCCCCCCCCCCCCCCC. The first-order valence-electron chi connectivity index (χ1n) is 30.1. The standard InChI is InChI=1S/C65H112O6/c1-4-7-10-13-16-19-22-25-27-28-29-30-31-32-33-34-35-36-38-40-43-46-49-52-55-58-64(67)70-61-62(60-69-63(66)57-54-51-48-45-42-39-24-21-18-15-12-9-6-3)71-65(68)59-56-53-50-47-44-41-37-26-23-20-17-14-11-8-5-2/h8,11-12,15,17,20-21,24,26,37,44,47,53,56,62H,4-7,9-10,13-14,16,18-19,22-23,25,27-36,38-43,45-46,48-52,54-55,57-61H2,1-3H3/b11-8-,15-12-,20-17-,24-21-,37-26-,47-44-,56-53-. The Kier molecular flexibility index (Phi) is 56.3. The molecule has 6 nitrogen and oxygen atoms in total. The van der Waals surface area contributed by atoms with E-state index in [2.05, 4.69) is 93.7 Å². The first-order chi connectivity index (χ1) is 35.0. The van der Waals surface area contributed by atoms with Crippen molar-refractivity contribution in [2.24, 2.45) is 0 Å². The van der Waals surface area contributed by atoms with Gasteiger partial charge < -0.3 is 14.2 Å². The Labute approximate surface area is 439 Å². The first kappa shape index (κ1) is 67.6. The second-order valence-electron chi connectivity index (χ2n) is 19.9. The minimum absolute atomic E-state index is 0.0945. The van der Waals surface area contributed by atoms with Crippen molar-refractivity contribution in [3.8, 4) is 0 Å². The zero-order valence-electron chi connectivity index (χ0n) is 46.7. The van der Waals surface area contributed by atoms with Gasteiger partial charge in [0.15, 0.2) is 6.10 Å². The van der Waals surface area contributed by atoms with Crippen LogP contribution in [-0.2, 0) is 28.6 Å². The number of esters is 3. The van der Waals surface area contributed by atoms with E-state index in [1.165, 1.54) is 148 Å². The average molecular weight is 990 g/mol. The van der Waals surface area contributed by atoms with Crippen LogP contribution >= 0.6 is 0 Å². The van der Waals surface area contributed by atoms with E-state index in [1.54, 1.807) is 6.08 Å². The Morgan fingerprint density at radius 2 is 0.620 bits per heavy atom. The molecule has 0 rings (SSSR count). The third-order valence-electron chi connectivity index (χ3n) is 12.9. The Balaban J connectivity index is 4.32. The molecule has 0 spiro atoms. The van der Waals surface area contributed by atoms with Gasteiger partial charge in [0.05, 0.1) is 6.42 Å². The molecule has 0 aliphatic heterocycles. The van der Waals surface area contributed by atoms with Gasteiger partial charge in [-0.2, -0.15) is 0 Å². The summed E-state index contributed by atoms with van der Waals surface area (Å²) >= 11 is 0. The number of hydrogen-bond donors (Lipinski definition) is 0. The van der Waals surface area contributed by atoms with Crippen molar-refractivity contribution >= 4 is 17.9 Å². The number of ether oxygens (including phenoxy) is 3. The van der Waals surface area contributed by atoms with E-state index in [9.17, 15) is 14.4 Å². The lowest BCUT2D eigenvalue weighted by Gasteiger charge is -2.18. The lowest BCUT2D eigenvalue weighted by molar-refractivity contribution is -0.166. The highest BCUT2D eigenvalue weighted by Crippen LogP contribution is 2.17. The lowest BCUT2D eigenvalue weighted by atomic mass is 10.0. The highest BCUT2D eigenvalue weighted by atomic mass is 16.6. The van der Waals surface area contributed by atoms with Gasteiger partial charge in [0.1, 0.15) is 13.2 Å². The normalized spacial score (nSPS) is 12.7. The largest absolute Gasteiger partial charge is 0.462 e. The summed E-state index contributed by atoms with van der Waals surface area (Å²) < 4.78 is 16.7. The first-order valence-corrected chi connectivity index (χ1v) is 30.1. The van der Waals surface area contributed by atoms with E-state index in [0.717, 1.165) is 103 Å². The van der Waals surface area contributed by atoms with Crippen LogP contribution in [0.25, 0.3) is 0 Å². The molecule has 0 aliphatic carbocycles. The molecule has 0 N–H and O–H groups in total. The van der Waals surface area contributed by atoms with Crippen LogP contribution in [0.5, 0.6) is 0 Å². The Morgan fingerprint density at radius 1 is 0.310 bits per heavy atom. The van der Waals surface area contributed by atoms with Gasteiger partial charge in [-0.1, -0.05) is 286 Å². The van der Waals surface area contributed by atoms with Crippen molar-refractivity contribution < 1.29 is 28.6 Å². The van der Waals surface area contributed by atoms with Crippen LogP contribution in [0.15, 0.2) is 85.1 Å². The molecule has 71 heavy (non-hydrogen) atoms. The summed E-state index contributed by atoms with van der Waals surface area (Å²) in [4.78, 5) is 38.1. The van der Waals surface area contributed by atoms with Crippen molar-refractivity contribution in [2.75, 3.05) is 13.2 Å². The van der Waals surface area contributed by atoms with Gasteiger partial charge in [0.25, 0.3) is 0 Å². The summed E-state index contributed by atoms with van der Waals surface area (Å²) in [5.74, 6) is -1.06. The van der Waals surface area contributed by atoms with Gasteiger partial charge in [0.2, 0.25) is 0 Å². The zero-order valence-corrected chi connectivity index (χ0v) is 46.7. The molecule has 0 saturated carbocycles. The van der Waals surface area contributed by atoms with Crippen molar-refractivity contribution in [3.63, 3.8) is 0 Å². The van der Waals surface area contributed by atoms with Crippen molar-refractivity contribution in [1.29, 1.82) is 0 Å². The van der Waals surface area contributed by atoms with E-state index in [-0.39, 0.29) is 31.6 Å². The quantitative estimate of drug-likeness (QED) is 0.0261. The van der Waals surface area contributed by atoms with Crippen LogP contribution in [0.4, 0.5) is 0 Å². The summed E-state index contributed by atoms with van der Waals surface area (Å²) in [6.07, 6.45) is 77.7. The van der Waals surface area contributed by atoms with Crippen molar-refractivity contribution in [2.45, 2.75) is 297 Å². The smallest absolute Gasteiger partial charge is 0.310 e. The van der Waals surface area contributed by atoms with Crippen LogP contribution < -0.4 is 0 Å². The number of unbranched alkanes of at least 4 members (excludes halogenated alkanes) is 30. The molecule has 0 radical (unpaired) electrons. The summed E-state index contributed by atoms with van der Waals surface area (Å²) in [6, 6.07) is 0. The molecule has 0 aromatic heterocycles. The Morgan fingerprint density at radius 3 is 0.986 bits per heavy atom. The number of carbonyl (C=O) groups is 3. The predicted molar refractivity (Wildman–Crippen MR) is 307 cm³/mol. The highest BCUT2D eigenvalue weighted by molar-refractivity contribution is 5.72. The molecule has 0 amide bonds. The topological polar surface area (TPSA) is 78.9 Å². The van der Waals surface area contributed by atoms with Gasteiger partial charge in [-0.3, -0.25) is 14.4 Å². The van der Waals surface area contributed by atoms with E-state index < -0.39 is 12.1 Å². The maximum Gasteiger partial charge on any atom is 0.310 e. The third kappa shape index (κ3) is 57.4. The molecule has 0 aromatic carbocycles. The minimum atomic E-state index is -0.836. The third-order valence-corrected chi connectivity index (χ3v) is 12.9. The lowest BCUT2D eigenvalue weighted by Crippen LogP contribution is -2.30. The fourth-order valence-corrected chi connectivity index (χ4v) is 8.44. The van der Waals surface area contributed by atoms with Gasteiger partial charge in [0, 0.05) is 12.8 Å². The number of rotatable bonds is 54. The van der Waals surface area contributed by atoms with Gasteiger partial charge >= 0.3 is 17.9 Å². The van der Waals surface area contributed by atoms with Crippen LogP contribution in [0.1, 0.15) is 290 Å². The number of carbonyl (C=O) groups excluding carboxylic acids is 3. The fraction of sp³-hybridized carbons (Fsp3) is 0.738. The maximum absolute atomic E-state index is 12.8. The van der Waals surface area contributed by atoms with Gasteiger partial charge in [-0.05, 0) is 70.6 Å². The van der Waals surface area contributed by atoms with Crippen LogP contribution in [0.2, 0.25) is 0 Å². The van der Waals surface area contributed by atoms with E-state index in [0.29, 0.717) is 12.8 Å².